The van der Waals surface area contributed by atoms with E-state index in [0.717, 1.165) is 79.2 Å². The summed E-state index contributed by atoms with van der Waals surface area (Å²) >= 11 is 2.33. The monoisotopic (exact) mass is 1070 g/mol. The maximum Gasteiger partial charge on any atom is 0.220 e. The highest BCUT2D eigenvalue weighted by Gasteiger charge is 2.21. The Morgan fingerprint density at radius 3 is 1.33 bits per heavy atom. The van der Waals surface area contributed by atoms with Crippen molar-refractivity contribution in [1.82, 2.24) is 32.5 Å². The van der Waals surface area contributed by atoms with Crippen molar-refractivity contribution >= 4 is 100 Å². The van der Waals surface area contributed by atoms with Crippen LogP contribution in [0.5, 0.6) is 0 Å². The van der Waals surface area contributed by atoms with Gasteiger partial charge in [0.15, 0.2) is 0 Å². The summed E-state index contributed by atoms with van der Waals surface area (Å²) in [4.78, 5) is 9.87. The fourth-order valence-electron chi connectivity index (χ4n) is 11.1. The highest BCUT2D eigenvalue weighted by molar-refractivity contribution is 14.1. The van der Waals surface area contributed by atoms with Crippen molar-refractivity contribution in [3.8, 4) is 40.3 Å². The summed E-state index contributed by atoms with van der Waals surface area (Å²) in [5.74, 6) is 1.68. The molecule has 0 N–H and O–H groups in total. The Hall–Kier alpha value is -9.75. The fraction of sp³-hybridized carbons (Fsp3) is 0.0154. The fourth-order valence-corrected chi connectivity index (χ4v) is 11.6. The van der Waals surface area contributed by atoms with Crippen LogP contribution in [0.4, 0.5) is 0 Å². The molecule has 0 radical (unpaired) electrons. The maximum atomic E-state index is 9.53. The molecule has 15 aromatic rings. The first-order valence-corrected chi connectivity index (χ1v) is 25.8. The highest BCUT2D eigenvalue weighted by atomic mass is 127. The van der Waals surface area contributed by atoms with Crippen molar-refractivity contribution in [1.29, 1.82) is 10.5 Å². The van der Waals surface area contributed by atoms with Gasteiger partial charge in [0.2, 0.25) is 11.6 Å². The molecule has 0 amide bonds. The van der Waals surface area contributed by atoms with E-state index in [-0.39, 0.29) is 0 Å². The molecule has 0 fully saturated rings. The Kier molecular flexibility index (Phi) is 10.4. The number of halogens is 1. The quantitative estimate of drug-likeness (QED) is 0.165. The first-order valence-electron chi connectivity index (χ1n) is 24.7. The van der Waals surface area contributed by atoms with Crippen LogP contribution in [0.2, 0.25) is 0 Å². The summed E-state index contributed by atoms with van der Waals surface area (Å²) in [5.41, 5.74) is 20.6. The zero-order chi connectivity index (χ0) is 50.1. The molecule has 0 atom stereocenters. The molecule has 1 aliphatic carbocycles. The van der Waals surface area contributed by atoms with E-state index in [0.29, 0.717) is 11.1 Å². The summed E-state index contributed by atoms with van der Waals surface area (Å²) in [5, 5.41) is 21.3. The summed E-state index contributed by atoms with van der Waals surface area (Å²) in [6, 6.07) is 83.6. The number of hydrogen-bond acceptors (Lipinski definition) is 4. The largest absolute Gasteiger partial charge is 0.309 e. The first kappa shape index (κ1) is 44.0. The standard InChI is InChI=1S/C32H19N5.C20H11IN4.C13H10/c33-20-21-8-7-9-22(18-21)36-30-17-16-23(19-31(30)37-29-15-6-3-12-26(29)34-32(36)37)35-27-13-4-1-10-24(27)25-11-2-5-14-28(25)35;21-14-8-9-18-19(11-14)25-17-7-2-1-6-16(17)23-20(25)24(18)15-5-3-4-13(10-15)12-22;1-3-7-12-10(5-1)9-11-6-2-4-8-13(11)12/h1-19H;1-11H;1-8H,9H2. The van der Waals surface area contributed by atoms with E-state index in [1.165, 1.54) is 47.6 Å². The SMILES string of the molecule is N#Cc1cccc(-n2c3ccc(-n4c5ccccc5c5ccccc54)cc3n3c4ccccc4nc23)c1.N#Cc1cccc(-n2c3ccc(I)cc3n3c4ccccc4nc23)c1.c1ccc2c(c1)Cc1ccccc1-2. The molecule has 0 saturated carbocycles. The van der Waals surface area contributed by atoms with Crippen LogP contribution in [0.15, 0.2) is 231 Å². The van der Waals surface area contributed by atoms with Crippen LogP contribution >= 0.6 is 22.6 Å². The molecule has 0 saturated heterocycles. The number of aromatic nitrogens is 7. The van der Waals surface area contributed by atoms with E-state index in [1.807, 2.05) is 84.9 Å². The zero-order valence-electron chi connectivity index (χ0n) is 40.0. The lowest BCUT2D eigenvalue weighted by atomic mass is 10.1. The number of para-hydroxylation sites is 6. The van der Waals surface area contributed by atoms with Gasteiger partial charge in [0.25, 0.3) is 0 Å². The highest BCUT2D eigenvalue weighted by Crippen LogP contribution is 2.38. The predicted octanol–water partition coefficient (Wildman–Crippen LogP) is 15.6. The van der Waals surface area contributed by atoms with E-state index in [1.54, 1.807) is 0 Å². The van der Waals surface area contributed by atoms with Crippen LogP contribution in [0, 0.1) is 26.2 Å². The van der Waals surface area contributed by atoms with Gasteiger partial charge in [-0.2, -0.15) is 10.5 Å². The average Bonchev–Trinajstić information content (AvgIpc) is 4.34. The molecule has 0 bridgehead atoms. The van der Waals surface area contributed by atoms with Gasteiger partial charge in [-0.1, -0.05) is 121 Å². The van der Waals surface area contributed by atoms with E-state index >= 15 is 0 Å². The lowest BCUT2D eigenvalue weighted by Crippen LogP contribution is -1.96. The molecule has 0 unspecified atom stereocenters. The second kappa shape index (κ2) is 17.8. The molecule has 5 heterocycles. The van der Waals surface area contributed by atoms with Gasteiger partial charge < -0.3 is 4.57 Å². The smallest absolute Gasteiger partial charge is 0.220 e. The van der Waals surface area contributed by atoms with E-state index in [9.17, 15) is 10.5 Å². The van der Waals surface area contributed by atoms with Crippen molar-refractivity contribution in [2.45, 2.75) is 6.42 Å². The van der Waals surface area contributed by atoms with Crippen LogP contribution in [0.1, 0.15) is 22.3 Å². The number of rotatable bonds is 3. The van der Waals surface area contributed by atoms with E-state index in [2.05, 4.69) is 203 Å². The van der Waals surface area contributed by atoms with Crippen LogP contribution in [-0.2, 0) is 6.42 Å². The Balaban J connectivity index is 0.000000116. The minimum Gasteiger partial charge on any atom is -0.309 e. The Morgan fingerprint density at radius 1 is 0.360 bits per heavy atom. The van der Waals surface area contributed by atoms with Gasteiger partial charge in [-0.05, 0) is 160 Å². The first-order chi connectivity index (χ1) is 37.0. The van der Waals surface area contributed by atoms with Crippen molar-refractivity contribution in [3.05, 3.63) is 256 Å². The molecule has 9 nitrogen and oxygen atoms in total. The number of nitriles is 2. The number of nitrogens with zero attached hydrogens (tertiary/aromatic N) is 9. The summed E-state index contributed by atoms with van der Waals surface area (Å²) in [6.07, 6.45) is 1.10. The predicted molar refractivity (Wildman–Crippen MR) is 310 cm³/mol. The molecule has 16 rings (SSSR count). The van der Waals surface area contributed by atoms with Gasteiger partial charge >= 0.3 is 0 Å². The minimum atomic E-state index is 0.621. The van der Waals surface area contributed by atoms with Crippen molar-refractivity contribution in [3.63, 3.8) is 0 Å². The van der Waals surface area contributed by atoms with Crippen molar-refractivity contribution < 1.29 is 0 Å². The number of imidazole rings is 4. The summed E-state index contributed by atoms with van der Waals surface area (Å²) in [6.45, 7) is 0. The normalized spacial score (nSPS) is 11.7. The molecule has 0 aliphatic heterocycles. The Bertz CT molecular complexity index is 4780. The van der Waals surface area contributed by atoms with E-state index < -0.39 is 0 Å². The maximum absolute atomic E-state index is 9.53. The third kappa shape index (κ3) is 7.18. The topological polar surface area (TPSA) is 97.0 Å². The molecule has 10 aromatic carbocycles. The molecule has 352 valence electrons. The number of fused-ring (bicyclic) bond motifs is 16. The lowest BCUT2D eigenvalue weighted by molar-refractivity contribution is 1.11. The van der Waals surface area contributed by atoms with Gasteiger partial charge in [-0.15, -0.1) is 0 Å². The summed E-state index contributed by atoms with van der Waals surface area (Å²) < 4.78 is 12.2. The molecule has 0 spiro atoms. The average molecular weight is 1070 g/mol. The second-order valence-corrected chi connectivity index (χ2v) is 19.9. The molecular formula is C65H40IN9. The lowest BCUT2D eigenvalue weighted by Gasteiger charge is -2.09. The molecule has 1 aliphatic rings. The number of hydrogen-bond donors (Lipinski definition) is 0. The van der Waals surface area contributed by atoms with Gasteiger partial charge in [0.05, 0.1) is 89.8 Å². The summed E-state index contributed by atoms with van der Waals surface area (Å²) in [7, 11) is 0. The van der Waals surface area contributed by atoms with Gasteiger partial charge in [-0.3, -0.25) is 17.9 Å². The number of benzene rings is 10. The van der Waals surface area contributed by atoms with Crippen LogP contribution in [-0.4, -0.2) is 32.5 Å². The molecular weight excluding hydrogens is 1030 g/mol. The third-order valence-corrected chi connectivity index (χ3v) is 15.0. The van der Waals surface area contributed by atoms with Crippen LogP contribution < -0.4 is 0 Å². The van der Waals surface area contributed by atoms with Gasteiger partial charge in [0, 0.05) is 20.0 Å². The van der Waals surface area contributed by atoms with E-state index in [4.69, 9.17) is 9.97 Å². The molecule has 5 aromatic heterocycles. The van der Waals surface area contributed by atoms with Crippen LogP contribution in [0.3, 0.4) is 0 Å². The van der Waals surface area contributed by atoms with Crippen molar-refractivity contribution in [2.24, 2.45) is 0 Å². The van der Waals surface area contributed by atoms with Crippen LogP contribution in [0.25, 0.3) is 106 Å². The second-order valence-electron chi connectivity index (χ2n) is 18.6. The van der Waals surface area contributed by atoms with Crippen molar-refractivity contribution in [2.75, 3.05) is 0 Å². The molecule has 75 heavy (non-hydrogen) atoms. The zero-order valence-corrected chi connectivity index (χ0v) is 42.2. The van der Waals surface area contributed by atoms with Gasteiger partial charge in [-0.25, -0.2) is 9.97 Å². The Morgan fingerprint density at radius 2 is 0.800 bits per heavy atom. The van der Waals surface area contributed by atoms with Gasteiger partial charge in [0.1, 0.15) is 0 Å². The Labute approximate surface area is 443 Å². The minimum absolute atomic E-state index is 0.621. The molecule has 10 heteroatoms. The third-order valence-electron chi connectivity index (χ3n) is 14.4.